The van der Waals surface area contributed by atoms with E-state index in [1.54, 1.807) is 0 Å². The average molecular weight is 245 g/mol. The quantitative estimate of drug-likeness (QED) is 0.742. The maximum atomic E-state index is 13.5. The Morgan fingerprint density at radius 3 is 2.75 bits per heavy atom. The molecule has 0 aromatic heterocycles. The SMILES string of the molecule is CCCC(OC)C(=O)c1ccc(Cl)cc1F. The number of hydrogen-bond acceptors (Lipinski definition) is 2. The van der Waals surface area contributed by atoms with Gasteiger partial charge in [-0.1, -0.05) is 24.9 Å². The smallest absolute Gasteiger partial charge is 0.194 e. The Labute approximate surface area is 99.4 Å². The average Bonchev–Trinajstić information content (AvgIpc) is 2.25. The first kappa shape index (κ1) is 13.1. The third kappa shape index (κ3) is 3.03. The van der Waals surface area contributed by atoms with Gasteiger partial charge in [-0.25, -0.2) is 4.39 Å². The lowest BCUT2D eigenvalue weighted by molar-refractivity contribution is 0.0574. The summed E-state index contributed by atoms with van der Waals surface area (Å²) >= 11 is 5.61. The van der Waals surface area contributed by atoms with Crippen molar-refractivity contribution in [3.05, 3.63) is 34.6 Å². The van der Waals surface area contributed by atoms with Gasteiger partial charge in [-0.3, -0.25) is 4.79 Å². The van der Waals surface area contributed by atoms with E-state index in [1.807, 2.05) is 6.92 Å². The molecule has 16 heavy (non-hydrogen) atoms. The van der Waals surface area contributed by atoms with Crippen molar-refractivity contribution in [1.29, 1.82) is 0 Å². The number of methoxy groups -OCH3 is 1. The Morgan fingerprint density at radius 1 is 1.56 bits per heavy atom. The van der Waals surface area contributed by atoms with E-state index in [9.17, 15) is 9.18 Å². The van der Waals surface area contributed by atoms with Crippen molar-refractivity contribution >= 4 is 17.4 Å². The molecule has 0 aliphatic rings. The lowest BCUT2D eigenvalue weighted by atomic mass is 10.0. The van der Waals surface area contributed by atoms with E-state index < -0.39 is 11.9 Å². The Morgan fingerprint density at radius 2 is 2.25 bits per heavy atom. The van der Waals surface area contributed by atoms with Gasteiger partial charge in [0.05, 0.1) is 5.56 Å². The van der Waals surface area contributed by atoms with Gasteiger partial charge in [0.1, 0.15) is 11.9 Å². The number of carbonyl (C=O) groups is 1. The van der Waals surface area contributed by atoms with E-state index in [1.165, 1.54) is 19.2 Å². The van der Waals surface area contributed by atoms with Crippen molar-refractivity contribution in [2.45, 2.75) is 25.9 Å². The predicted octanol–water partition coefficient (Wildman–Crippen LogP) is 3.48. The number of rotatable bonds is 5. The molecule has 1 aromatic rings. The van der Waals surface area contributed by atoms with Crippen LogP contribution in [0.4, 0.5) is 4.39 Å². The lowest BCUT2D eigenvalue weighted by Crippen LogP contribution is -2.23. The summed E-state index contributed by atoms with van der Waals surface area (Å²) in [6.45, 7) is 1.94. The highest BCUT2D eigenvalue weighted by atomic mass is 35.5. The van der Waals surface area contributed by atoms with Crippen LogP contribution in [0.15, 0.2) is 18.2 Å². The zero-order valence-corrected chi connectivity index (χ0v) is 10.1. The minimum Gasteiger partial charge on any atom is -0.373 e. The van der Waals surface area contributed by atoms with E-state index in [4.69, 9.17) is 16.3 Å². The number of ether oxygens (including phenoxy) is 1. The number of Topliss-reactive ketones (excluding diaryl/α,β-unsaturated/α-hetero) is 1. The summed E-state index contributed by atoms with van der Waals surface area (Å²) in [6.07, 6.45) is 0.803. The molecule has 0 aliphatic carbocycles. The normalized spacial score (nSPS) is 12.5. The van der Waals surface area contributed by atoms with Crippen molar-refractivity contribution in [2.24, 2.45) is 0 Å². The number of halogens is 2. The monoisotopic (exact) mass is 244 g/mol. The van der Waals surface area contributed by atoms with Crippen molar-refractivity contribution in [3.8, 4) is 0 Å². The van der Waals surface area contributed by atoms with Crippen LogP contribution >= 0.6 is 11.6 Å². The lowest BCUT2D eigenvalue weighted by Gasteiger charge is -2.13. The van der Waals surface area contributed by atoms with Crippen LogP contribution in [0.2, 0.25) is 5.02 Å². The molecule has 0 radical (unpaired) electrons. The van der Waals surface area contributed by atoms with Crippen molar-refractivity contribution in [1.82, 2.24) is 0 Å². The molecule has 0 saturated carbocycles. The van der Waals surface area contributed by atoms with Gasteiger partial charge in [0.15, 0.2) is 5.78 Å². The van der Waals surface area contributed by atoms with Gasteiger partial charge in [-0.05, 0) is 24.6 Å². The summed E-state index contributed by atoms with van der Waals surface area (Å²) in [7, 11) is 1.45. The van der Waals surface area contributed by atoms with Gasteiger partial charge in [0, 0.05) is 12.1 Å². The van der Waals surface area contributed by atoms with Crippen LogP contribution in [0.1, 0.15) is 30.1 Å². The molecule has 0 heterocycles. The van der Waals surface area contributed by atoms with Crippen LogP contribution in [-0.4, -0.2) is 19.0 Å². The highest BCUT2D eigenvalue weighted by Gasteiger charge is 2.21. The second-order valence-corrected chi connectivity index (χ2v) is 3.94. The molecule has 0 spiro atoms. The Balaban J connectivity index is 2.94. The van der Waals surface area contributed by atoms with Crippen LogP contribution in [0.25, 0.3) is 0 Å². The highest BCUT2D eigenvalue weighted by Crippen LogP contribution is 2.18. The fourth-order valence-corrected chi connectivity index (χ4v) is 1.64. The Kier molecular flexibility index (Phi) is 4.90. The number of benzene rings is 1. The third-order valence-corrected chi connectivity index (χ3v) is 2.56. The fraction of sp³-hybridized carbons (Fsp3) is 0.417. The van der Waals surface area contributed by atoms with Gasteiger partial charge >= 0.3 is 0 Å². The van der Waals surface area contributed by atoms with Crippen molar-refractivity contribution in [3.63, 3.8) is 0 Å². The molecular formula is C12H14ClFO2. The predicted molar refractivity (Wildman–Crippen MR) is 61.4 cm³/mol. The van der Waals surface area contributed by atoms with Crippen LogP contribution in [0, 0.1) is 5.82 Å². The van der Waals surface area contributed by atoms with Gasteiger partial charge in [0.25, 0.3) is 0 Å². The molecule has 0 N–H and O–H groups in total. The van der Waals surface area contributed by atoms with E-state index in [2.05, 4.69) is 0 Å². The molecular weight excluding hydrogens is 231 g/mol. The van der Waals surface area contributed by atoms with Gasteiger partial charge in [0.2, 0.25) is 0 Å². The zero-order valence-electron chi connectivity index (χ0n) is 9.30. The first-order chi connectivity index (χ1) is 7.60. The summed E-state index contributed by atoms with van der Waals surface area (Å²) < 4.78 is 18.5. The van der Waals surface area contributed by atoms with E-state index in [0.29, 0.717) is 6.42 Å². The van der Waals surface area contributed by atoms with Crippen LogP contribution in [-0.2, 0) is 4.74 Å². The number of hydrogen-bond donors (Lipinski definition) is 0. The minimum atomic E-state index is -0.601. The molecule has 88 valence electrons. The molecule has 1 aromatic carbocycles. The van der Waals surface area contributed by atoms with Crippen LogP contribution < -0.4 is 0 Å². The van der Waals surface area contributed by atoms with E-state index in [-0.39, 0.29) is 16.4 Å². The Hall–Kier alpha value is -0.930. The summed E-state index contributed by atoms with van der Waals surface area (Å²) in [5.74, 6) is -0.936. The molecule has 2 nitrogen and oxygen atoms in total. The highest BCUT2D eigenvalue weighted by molar-refractivity contribution is 6.30. The maximum Gasteiger partial charge on any atom is 0.194 e. The molecule has 0 saturated heterocycles. The number of carbonyl (C=O) groups excluding carboxylic acids is 1. The Bertz CT molecular complexity index is 379. The topological polar surface area (TPSA) is 26.3 Å². The van der Waals surface area contributed by atoms with Crippen molar-refractivity contribution in [2.75, 3.05) is 7.11 Å². The molecule has 1 rings (SSSR count). The molecule has 1 unspecified atom stereocenters. The second kappa shape index (κ2) is 5.97. The molecule has 0 fully saturated rings. The van der Waals surface area contributed by atoms with Crippen LogP contribution in [0.5, 0.6) is 0 Å². The summed E-state index contributed by atoms with van der Waals surface area (Å²) in [4.78, 5) is 11.9. The molecule has 0 amide bonds. The van der Waals surface area contributed by atoms with E-state index >= 15 is 0 Å². The first-order valence-corrected chi connectivity index (χ1v) is 5.50. The summed E-state index contributed by atoms with van der Waals surface area (Å²) in [5.41, 5.74) is 0.0321. The largest absolute Gasteiger partial charge is 0.373 e. The maximum absolute atomic E-state index is 13.5. The summed E-state index contributed by atoms with van der Waals surface area (Å²) in [5, 5.41) is 0.276. The second-order valence-electron chi connectivity index (χ2n) is 3.50. The van der Waals surface area contributed by atoms with Crippen LogP contribution in [0.3, 0.4) is 0 Å². The molecule has 0 aliphatic heterocycles. The first-order valence-electron chi connectivity index (χ1n) is 5.12. The minimum absolute atomic E-state index is 0.0321. The molecule has 4 heteroatoms. The zero-order chi connectivity index (χ0) is 12.1. The third-order valence-electron chi connectivity index (χ3n) is 2.32. The number of ketones is 1. The molecule has 0 bridgehead atoms. The van der Waals surface area contributed by atoms with Crippen molar-refractivity contribution < 1.29 is 13.9 Å². The van der Waals surface area contributed by atoms with E-state index in [0.717, 1.165) is 12.5 Å². The van der Waals surface area contributed by atoms with Gasteiger partial charge < -0.3 is 4.74 Å². The fourth-order valence-electron chi connectivity index (χ4n) is 1.48. The summed E-state index contributed by atoms with van der Waals surface area (Å²) in [6, 6.07) is 4.02. The standard InChI is InChI=1S/C12H14ClFO2/c1-3-4-11(16-2)12(15)9-6-5-8(13)7-10(9)14/h5-7,11H,3-4H2,1-2H3. The van der Waals surface area contributed by atoms with Gasteiger partial charge in [-0.2, -0.15) is 0 Å². The molecule has 1 atom stereocenters. The van der Waals surface area contributed by atoms with Gasteiger partial charge in [-0.15, -0.1) is 0 Å².